The number of benzene rings is 1. The molecule has 4 rings (SSSR count). The summed E-state index contributed by atoms with van der Waals surface area (Å²) >= 11 is 1.34. The molecular formula is C18H12F3N5O2S. The van der Waals surface area contributed by atoms with Crippen LogP contribution in [0.15, 0.2) is 48.1 Å². The zero-order chi connectivity index (χ0) is 20.6. The molecule has 0 aliphatic heterocycles. The number of aryl methyl sites for hydroxylation is 1. The minimum atomic E-state index is -4.83. The van der Waals surface area contributed by atoms with Crippen molar-refractivity contribution in [3.05, 3.63) is 58.8 Å². The second-order valence-corrected chi connectivity index (χ2v) is 6.95. The summed E-state index contributed by atoms with van der Waals surface area (Å²) in [4.78, 5) is 20.8. The smallest absolute Gasteiger partial charge is 0.405 e. The SMILES string of the molecule is Cc1nc(C(=O)Nc2cnn3ccc(-c4ccccc4OC(F)(F)F)nc23)cs1. The fraction of sp³-hybridized carbons (Fsp3) is 0.111. The van der Waals surface area contributed by atoms with Crippen molar-refractivity contribution in [3.63, 3.8) is 0 Å². The van der Waals surface area contributed by atoms with Crippen molar-refractivity contribution in [2.24, 2.45) is 0 Å². The molecule has 148 valence electrons. The van der Waals surface area contributed by atoms with E-state index in [1.165, 1.54) is 52.5 Å². The fourth-order valence-electron chi connectivity index (χ4n) is 2.65. The normalized spacial score (nSPS) is 11.6. The maximum absolute atomic E-state index is 12.7. The summed E-state index contributed by atoms with van der Waals surface area (Å²) < 4.78 is 43.6. The molecule has 1 aromatic carbocycles. The number of rotatable bonds is 4. The lowest BCUT2D eigenvalue weighted by molar-refractivity contribution is -0.274. The summed E-state index contributed by atoms with van der Waals surface area (Å²) in [6, 6.07) is 7.19. The molecule has 0 aliphatic rings. The lowest BCUT2D eigenvalue weighted by Gasteiger charge is -2.13. The second kappa shape index (κ2) is 7.17. The van der Waals surface area contributed by atoms with Gasteiger partial charge in [0.1, 0.15) is 17.1 Å². The number of carbonyl (C=O) groups excluding carboxylic acids is 1. The van der Waals surface area contributed by atoms with Crippen molar-refractivity contribution in [3.8, 4) is 17.0 Å². The molecule has 3 heterocycles. The Hall–Kier alpha value is -3.47. The summed E-state index contributed by atoms with van der Waals surface area (Å²) in [5.41, 5.74) is 1.21. The Bertz CT molecular complexity index is 1200. The van der Waals surface area contributed by atoms with Crippen LogP contribution in [0.5, 0.6) is 5.75 Å². The van der Waals surface area contributed by atoms with E-state index in [0.717, 1.165) is 5.01 Å². The van der Waals surface area contributed by atoms with Gasteiger partial charge in [-0.15, -0.1) is 24.5 Å². The second-order valence-electron chi connectivity index (χ2n) is 5.89. The molecule has 29 heavy (non-hydrogen) atoms. The van der Waals surface area contributed by atoms with Crippen molar-refractivity contribution in [2.45, 2.75) is 13.3 Å². The molecule has 0 spiro atoms. The highest BCUT2D eigenvalue weighted by atomic mass is 32.1. The van der Waals surface area contributed by atoms with Gasteiger partial charge in [-0.2, -0.15) is 5.10 Å². The molecule has 11 heteroatoms. The molecule has 0 unspecified atom stereocenters. The number of nitrogens with one attached hydrogen (secondary N) is 1. The van der Waals surface area contributed by atoms with Gasteiger partial charge in [-0.1, -0.05) is 12.1 Å². The number of nitrogens with zero attached hydrogens (tertiary/aromatic N) is 4. The molecular weight excluding hydrogens is 407 g/mol. The number of fused-ring (bicyclic) bond motifs is 1. The van der Waals surface area contributed by atoms with Gasteiger partial charge in [-0.25, -0.2) is 14.5 Å². The van der Waals surface area contributed by atoms with Crippen molar-refractivity contribution >= 4 is 28.6 Å². The number of amides is 1. The molecule has 0 aliphatic carbocycles. The van der Waals surface area contributed by atoms with Crippen LogP contribution in [0.25, 0.3) is 16.9 Å². The number of hydrogen-bond acceptors (Lipinski definition) is 6. The summed E-state index contributed by atoms with van der Waals surface area (Å²) in [6.07, 6.45) is -1.90. The van der Waals surface area contributed by atoms with Crippen LogP contribution in [-0.2, 0) is 0 Å². The van der Waals surface area contributed by atoms with Gasteiger partial charge in [0, 0.05) is 17.1 Å². The minimum Gasteiger partial charge on any atom is -0.405 e. The molecule has 0 atom stereocenters. The third-order valence-electron chi connectivity index (χ3n) is 3.86. The molecule has 0 saturated carbocycles. The number of carbonyl (C=O) groups is 1. The largest absolute Gasteiger partial charge is 0.573 e. The quantitative estimate of drug-likeness (QED) is 0.533. The number of thiazole rings is 1. The summed E-state index contributed by atoms with van der Waals surface area (Å²) in [7, 11) is 0. The molecule has 7 nitrogen and oxygen atoms in total. The molecule has 4 aromatic rings. The van der Waals surface area contributed by atoms with E-state index in [2.05, 4.69) is 25.1 Å². The Morgan fingerprint density at radius 3 is 2.72 bits per heavy atom. The lowest BCUT2D eigenvalue weighted by atomic mass is 10.1. The highest BCUT2D eigenvalue weighted by Gasteiger charge is 2.32. The Labute approximate surface area is 165 Å². The average Bonchev–Trinajstić information content (AvgIpc) is 3.27. The maximum Gasteiger partial charge on any atom is 0.573 e. The van der Waals surface area contributed by atoms with Crippen LogP contribution in [0, 0.1) is 6.92 Å². The van der Waals surface area contributed by atoms with Crippen LogP contribution in [0.3, 0.4) is 0 Å². The first-order chi connectivity index (χ1) is 13.8. The molecule has 1 amide bonds. The Balaban J connectivity index is 1.70. The van der Waals surface area contributed by atoms with Gasteiger partial charge in [0.05, 0.1) is 16.9 Å². The Morgan fingerprint density at radius 2 is 2.00 bits per heavy atom. The van der Waals surface area contributed by atoms with Crippen molar-refractivity contribution < 1.29 is 22.7 Å². The van der Waals surface area contributed by atoms with Gasteiger partial charge in [0.2, 0.25) is 0 Å². The molecule has 1 N–H and O–H groups in total. The van der Waals surface area contributed by atoms with Crippen LogP contribution in [-0.4, -0.2) is 31.9 Å². The first-order valence-electron chi connectivity index (χ1n) is 8.23. The van der Waals surface area contributed by atoms with E-state index in [-0.39, 0.29) is 28.3 Å². The number of ether oxygens (including phenoxy) is 1. The molecule has 0 fully saturated rings. The topological polar surface area (TPSA) is 81.4 Å². The van der Waals surface area contributed by atoms with E-state index in [1.54, 1.807) is 18.4 Å². The Morgan fingerprint density at radius 1 is 1.21 bits per heavy atom. The highest BCUT2D eigenvalue weighted by molar-refractivity contribution is 7.09. The lowest BCUT2D eigenvalue weighted by Crippen LogP contribution is -2.17. The number of anilines is 1. The number of aromatic nitrogens is 4. The van der Waals surface area contributed by atoms with Gasteiger partial charge in [0.15, 0.2) is 5.65 Å². The monoisotopic (exact) mass is 419 g/mol. The average molecular weight is 419 g/mol. The van der Waals surface area contributed by atoms with Crippen LogP contribution < -0.4 is 10.1 Å². The molecule has 0 radical (unpaired) electrons. The number of para-hydroxylation sites is 1. The zero-order valence-corrected chi connectivity index (χ0v) is 15.6. The molecule has 3 aromatic heterocycles. The van der Waals surface area contributed by atoms with Crippen molar-refractivity contribution in [2.75, 3.05) is 5.32 Å². The number of halogens is 3. The van der Waals surface area contributed by atoms with E-state index in [1.807, 2.05) is 0 Å². The van der Waals surface area contributed by atoms with E-state index in [0.29, 0.717) is 5.69 Å². The van der Waals surface area contributed by atoms with Crippen molar-refractivity contribution in [1.29, 1.82) is 0 Å². The zero-order valence-electron chi connectivity index (χ0n) is 14.8. The number of hydrogen-bond donors (Lipinski definition) is 1. The van der Waals surface area contributed by atoms with Gasteiger partial charge in [-0.05, 0) is 25.1 Å². The van der Waals surface area contributed by atoms with Gasteiger partial charge < -0.3 is 10.1 Å². The summed E-state index contributed by atoms with van der Waals surface area (Å²) in [5.74, 6) is -0.808. The van der Waals surface area contributed by atoms with Gasteiger partial charge in [-0.3, -0.25) is 4.79 Å². The maximum atomic E-state index is 12.7. The first kappa shape index (κ1) is 18.9. The van der Waals surface area contributed by atoms with Gasteiger partial charge >= 0.3 is 6.36 Å². The molecule has 0 saturated heterocycles. The van der Waals surface area contributed by atoms with E-state index in [9.17, 15) is 18.0 Å². The highest BCUT2D eigenvalue weighted by Crippen LogP contribution is 2.33. The number of alkyl halides is 3. The van der Waals surface area contributed by atoms with Crippen LogP contribution in [0.2, 0.25) is 0 Å². The van der Waals surface area contributed by atoms with E-state index < -0.39 is 12.3 Å². The standard InChI is InChI=1S/C18H12F3N5O2S/c1-10-23-14(9-29-10)17(27)25-13-8-22-26-7-6-12(24-16(13)26)11-4-2-3-5-15(11)28-18(19,20)21/h2-9H,1H3,(H,25,27). The third kappa shape index (κ3) is 4.04. The van der Waals surface area contributed by atoms with E-state index in [4.69, 9.17) is 0 Å². The fourth-order valence-corrected chi connectivity index (χ4v) is 3.25. The van der Waals surface area contributed by atoms with Crippen LogP contribution >= 0.6 is 11.3 Å². The van der Waals surface area contributed by atoms with E-state index >= 15 is 0 Å². The Kier molecular flexibility index (Phi) is 4.66. The summed E-state index contributed by atoms with van der Waals surface area (Å²) in [5, 5.41) is 9.14. The van der Waals surface area contributed by atoms with Crippen LogP contribution in [0.1, 0.15) is 15.5 Å². The van der Waals surface area contributed by atoms with Gasteiger partial charge in [0.25, 0.3) is 5.91 Å². The molecule has 0 bridgehead atoms. The predicted octanol–water partition coefficient (Wildman–Crippen LogP) is 4.31. The van der Waals surface area contributed by atoms with Crippen molar-refractivity contribution in [1.82, 2.24) is 19.6 Å². The predicted molar refractivity (Wildman–Crippen MR) is 99.9 cm³/mol. The third-order valence-corrected chi connectivity index (χ3v) is 4.63. The van der Waals surface area contributed by atoms with Crippen LogP contribution in [0.4, 0.5) is 18.9 Å². The minimum absolute atomic E-state index is 0.154. The first-order valence-corrected chi connectivity index (χ1v) is 9.11. The summed E-state index contributed by atoms with van der Waals surface area (Å²) in [6.45, 7) is 1.78.